The summed E-state index contributed by atoms with van der Waals surface area (Å²) in [6.45, 7) is 3.93. The lowest BCUT2D eigenvalue weighted by atomic mass is 10.3. The molecule has 3 rings (SSSR count). The van der Waals surface area contributed by atoms with Gasteiger partial charge in [-0.25, -0.2) is 18.5 Å². The average molecular weight is 365 g/mol. The number of hydrogen-bond donors (Lipinski definition) is 2. The van der Waals surface area contributed by atoms with Gasteiger partial charge in [-0.2, -0.15) is 5.10 Å². The van der Waals surface area contributed by atoms with Crippen molar-refractivity contribution in [2.24, 2.45) is 5.14 Å². The molecule has 0 aliphatic heterocycles. The zero-order valence-electron chi connectivity index (χ0n) is 12.9. The Morgan fingerprint density at radius 3 is 2.71 bits per heavy atom. The Balaban J connectivity index is 1.85. The number of benzene rings is 1. The van der Waals surface area contributed by atoms with Gasteiger partial charge in [0.1, 0.15) is 0 Å². The van der Waals surface area contributed by atoms with Crippen molar-refractivity contribution in [2.45, 2.75) is 24.8 Å². The van der Waals surface area contributed by atoms with Gasteiger partial charge < -0.3 is 0 Å². The molecule has 0 spiro atoms. The number of anilines is 1. The monoisotopic (exact) mass is 365 g/mol. The Morgan fingerprint density at radius 1 is 1.33 bits per heavy atom. The number of sulfonamides is 1. The molecule has 3 N–H and O–H groups in total. The first kappa shape index (κ1) is 16.6. The molecule has 24 heavy (non-hydrogen) atoms. The number of rotatable bonds is 4. The van der Waals surface area contributed by atoms with Crippen molar-refractivity contribution in [1.82, 2.24) is 14.8 Å². The van der Waals surface area contributed by atoms with Crippen LogP contribution in [0.2, 0.25) is 0 Å². The second-order valence-corrected chi connectivity index (χ2v) is 8.01. The Bertz CT molecular complexity index is 1020. The molecule has 2 heterocycles. The highest BCUT2D eigenvalue weighted by molar-refractivity contribution is 7.89. The largest absolute Gasteiger partial charge is 0.296 e. The first-order valence-electron chi connectivity index (χ1n) is 7.04. The topological polar surface area (TPSA) is 120 Å². The van der Waals surface area contributed by atoms with E-state index in [9.17, 15) is 13.2 Å². The number of thiazole rings is 1. The Morgan fingerprint density at radius 2 is 2.08 bits per heavy atom. The van der Waals surface area contributed by atoms with Crippen LogP contribution in [0.3, 0.4) is 0 Å². The van der Waals surface area contributed by atoms with Crippen LogP contribution in [0.25, 0.3) is 10.2 Å². The molecule has 2 aromatic heterocycles. The first-order chi connectivity index (χ1) is 11.2. The number of nitrogens with zero attached hydrogens (tertiary/aromatic N) is 3. The summed E-state index contributed by atoms with van der Waals surface area (Å²) in [5, 5.41) is 12.3. The van der Waals surface area contributed by atoms with E-state index in [1.807, 2.05) is 13.8 Å². The summed E-state index contributed by atoms with van der Waals surface area (Å²) in [5.41, 5.74) is 0.864. The molecule has 1 aromatic carbocycles. The van der Waals surface area contributed by atoms with Crippen LogP contribution in [0.5, 0.6) is 0 Å². The third-order valence-electron chi connectivity index (χ3n) is 3.28. The van der Waals surface area contributed by atoms with Gasteiger partial charge in [-0.1, -0.05) is 11.3 Å². The number of aromatic nitrogens is 3. The van der Waals surface area contributed by atoms with Crippen LogP contribution in [0.1, 0.15) is 30.4 Å². The van der Waals surface area contributed by atoms with Gasteiger partial charge >= 0.3 is 0 Å². The van der Waals surface area contributed by atoms with Gasteiger partial charge in [-0.05, 0) is 38.1 Å². The normalized spacial score (nSPS) is 12.0. The van der Waals surface area contributed by atoms with E-state index in [0.717, 1.165) is 0 Å². The number of nitrogens with two attached hydrogens (primary N) is 1. The molecule has 0 unspecified atom stereocenters. The second kappa shape index (κ2) is 5.96. The summed E-state index contributed by atoms with van der Waals surface area (Å²) < 4.78 is 25.1. The van der Waals surface area contributed by atoms with E-state index in [2.05, 4.69) is 15.4 Å². The highest BCUT2D eigenvalue weighted by Gasteiger charge is 2.15. The highest BCUT2D eigenvalue weighted by Crippen LogP contribution is 2.28. The van der Waals surface area contributed by atoms with Crippen LogP contribution in [0.4, 0.5) is 5.13 Å². The number of carbonyl (C=O) groups excluding carboxylic acids is 1. The van der Waals surface area contributed by atoms with Crippen molar-refractivity contribution in [3.8, 4) is 0 Å². The fraction of sp³-hybridized carbons (Fsp3) is 0.214. The summed E-state index contributed by atoms with van der Waals surface area (Å²) in [6.07, 6.45) is 1.73. The van der Waals surface area contributed by atoms with E-state index in [4.69, 9.17) is 5.14 Å². The molecule has 0 fully saturated rings. The summed E-state index contributed by atoms with van der Waals surface area (Å²) >= 11 is 1.17. The molecular formula is C14H15N5O3S2. The summed E-state index contributed by atoms with van der Waals surface area (Å²) in [6, 6.07) is 6.15. The maximum Gasteiger partial charge on any atom is 0.277 e. The van der Waals surface area contributed by atoms with Crippen molar-refractivity contribution >= 4 is 42.6 Å². The van der Waals surface area contributed by atoms with E-state index < -0.39 is 10.0 Å². The minimum absolute atomic E-state index is 0.00667. The Labute approximate surface area is 142 Å². The van der Waals surface area contributed by atoms with Gasteiger partial charge in [0.15, 0.2) is 10.8 Å². The maximum absolute atomic E-state index is 12.2. The fourth-order valence-electron chi connectivity index (χ4n) is 2.04. The smallest absolute Gasteiger partial charge is 0.277 e. The molecule has 0 aliphatic carbocycles. The standard InChI is InChI=1S/C14H15N5O3S2/c1-8(2)19-6-5-11(18-19)13(20)17-14-16-10-4-3-9(24(15,21)22)7-12(10)23-14/h3-8H,1-2H3,(H2,15,21,22)(H,16,17,20). The molecule has 10 heteroatoms. The van der Waals surface area contributed by atoms with Gasteiger partial charge in [0.25, 0.3) is 5.91 Å². The number of fused-ring (bicyclic) bond motifs is 1. The minimum atomic E-state index is -3.78. The molecule has 1 amide bonds. The first-order valence-corrected chi connectivity index (χ1v) is 9.40. The van der Waals surface area contributed by atoms with Crippen LogP contribution in [-0.4, -0.2) is 29.1 Å². The van der Waals surface area contributed by atoms with E-state index in [1.165, 1.54) is 23.5 Å². The third-order valence-corrected chi connectivity index (χ3v) is 5.12. The lowest BCUT2D eigenvalue weighted by Gasteiger charge is -2.03. The van der Waals surface area contributed by atoms with Crippen LogP contribution in [0, 0.1) is 0 Å². The fourth-order valence-corrected chi connectivity index (χ4v) is 3.56. The average Bonchev–Trinajstić information content (AvgIpc) is 3.11. The number of amides is 1. The van der Waals surface area contributed by atoms with Gasteiger partial charge in [0.05, 0.1) is 15.1 Å². The van der Waals surface area contributed by atoms with Crippen LogP contribution in [-0.2, 0) is 10.0 Å². The van der Waals surface area contributed by atoms with Crippen LogP contribution >= 0.6 is 11.3 Å². The Hall–Kier alpha value is -2.30. The van der Waals surface area contributed by atoms with Gasteiger partial charge in [-0.15, -0.1) is 0 Å². The number of primary sulfonamides is 1. The summed E-state index contributed by atoms with van der Waals surface area (Å²) in [5.74, 6) is -0.375. The van der Waals surface area contributed by atoms with E-state index in [0.29, 0.717) is 15.3 Å². The predicted octanol–water partition coefficient (Wildman–Crippen LogP) is 1.97. The molecule has 3 aromatic rings. The SMILES string of the molecule is CC(C)n1ccc(C(=O)Nc2nc3ccc(S(N)(=O)=O)cc3s2)n1. The van der Waals surface area contributed by atoms with Crippen molar-refractivity contribution < 1.29 is 13.2 Å². The van der Waals surface area contributed by atoms with Crippen LogP contribution in [0.15, 0.2) is 35.4 Å². The van der Waals surface area contributed by atoms with Gasteiger partial charge in [0, 0.05) is 12.2 Å². The summed E-state index contributed by atoms with van der Waals surface area (Å²) in [7, 11) is -3.78. The molecule has 0 atom stereocenters. The molecule has 0 aliphatic rings. The van der Waals surface area contributed by atoms with Crippen LogP contribution < -0.4 is 10.5 Å². The molecular weight excluding hydrogens is 350 g/mol. The van der Waals surface area contributed by atoms with Gasteiger partial charge in [0.2, 0.25) is 10.0 Å². The van der Waals surface area contributed by atoms with Gasteiger partial charge in [-0.3, -0.25) is 14.8 Å². The van der Waals surface area contributed by atoms with Crippen molar-refractivity contribution in [3.05, 3.63) is 36.2 Å². The molecule has 0 saturated heterocycles. The molecule has 0 saturated carbocycles. The van der Waals surface area contributed by atoms with E-state index >= 15 is 0 Å². The second-order valence-electron chi connectivity index (χ2n) is 5.42. The van der Waals surface area contributed by atoms with E-state index in [1.54, 1.807) is 23.0 Å². The third kappa shape index (κ3) is 3.30. The lowest BCUT2D eigenvalue weighted by Crippen LogP contribution is -2.13. The summed E-state index contributed by atoms with van der Waals surface area (Å²) in [4.78, 5) is 16.5. The number of carbonyl (C=O) groups is 1. The van der Waals surface area contributed by atoms with Crippen molar-refractivity contribution in [1.29, 1.82) is 0 Å². The lowest BCUT2D eigenvalue weighted by molar-refractivity contribution is 0.102. The number of nitrogens with one attached hydrogen (secondary N) is 1. The molecule has 126 valence electrons. The molecule has 0 radical (unpaired) electrons. The maximum atomic E-state index is 12.2. The quantitative estimate of drug-likeness (QED) is 0.732. The van der Waals surface area contributed by atoms with E-state index in [-0.39, 0.29) is 22.5 Å². The number of hydrogen-bond acceptors (Lipinski definition) is 6. The highest BCUT2D eigenvalue weighted by atomic mass is 32.2. The zero-order valence-corrected chi connectivity index (χ0v) is 14.6. The molecule has 0 bridgehead atoms. The Kier molecular flexibility index (Phi) is 4.11. The van der Waals surface area contributed by atoms with Crippen molar-refractivity contribution in [3.63, 3.8) is 0 Å². The minimum Gasteiger partial charge on any atom is -0.296 e. The van der Waals surface area contributed by atoms with Crippen molar-refractivity contribution in [2.75, 3.05) is 5.32 Å². The molecule has 8 nitrogen and oxygen atoms in total. The predicted molar refractivity (Wildman–Crippen MR) is 91.6 cm³/mol. The zero-order chi connectivity index (χ0) is 17.5.